The second kappa shape index (κ2) is 10.0. The van der Waals surface area contributed by atoms with Gasteiger partial charge in [-0.1, -0.05) is 37.6 Å². The number of piperazine rings is 1. The number of rotatable bonds is 6. The summed E-state index contributed by atoms with van der Waals surface area (Å²) < 4.78 is 30.2. The molecule has 8 nitrogen and oxygen atoms in total. The van der Waals surface area contributed by atoms with E-state index in [0.29, 0.717) is 56.8 Å². The Labute approximate surface area is 201 Å². The minimum absolute atomic E-state index is 0.120. The van der Waals surface area contributed by atoms with Crippen molar-refractivity contribution in [3.8, 4) is 0 Å². The molecule has 3 heterocycles. The zero-order chi connectivity index (χ0) is 23.6. The number of benzene rings is 1. The van der Waals surface area contributed by atoms with Crippen LogP contribution in [0.15, 0.2) is 35.5 Å². The first-order valence-corrected chi connectivity index (χ1v) is 13.5. The van der Waals surface area contributed by atoms with Crippen LogP contribution in [0.5, 0.6) is 0 Å². The number of nitrogens with zero attached hydrogens (tertiary/aromatic N) is 5. The van der Waals surface area contributed by atoms with Gasteiger partial charge in [-0.2, -0.15) is 9.40 Å². The van der Waals surface area contributed by atoms with E-state index in [0.717, 1.165) is 24.9 Å². The molecule has 2 aromatic rings. The van der Waals surface area contributed by atoms with E-state index in [4.69, 9.17) is 11.6 Å². The third-order valence-corrected chi connectivity index (χ3v) is 8.65. The van der Waals surface area contributed by atoms with Crippen molar-refractivity contribution >= 4 is 33.2 Å². The van der Waals surface area contributed by atoms with Crippen LogP contribution in [0, 0.1) is 5.92 Å². The first kappa shape index (κ1) is 24.0. The highest BCUT2D eigenvalue weighted by molar-refractivity contribution is 7.89. The van der Waals surface area contributed by atoms with Gasteiger partial charge in [-0.25, -0.2) is 8.42 Å². The predicted octanol–water partition coefficient (Wildman–Crippen LogP) is 3.33. The van der Waals surface area contributed by atoms with Crippen molar-refractivity contribution in [3.63, 3.8) is 0 Å². The lowest BCUT2D eigenvalue weighted by Crippen LogP contribution is -2.49. The van der Waals surface area contributed by atoms with Crippen LogP contribution in [-0.2, 0) is 16.6 Å². The number of amides is 1. The van der Waals surface area contributed by atoms with Crippen LogP contribution in [-0.4, -0.2) is 72.6 Å². The maximum absolute atomic E-state index is 13.6. The van der Waals surface area contributed by atoms with E-state index >= 15 is 0 Å². The van der Waals surface area contributed by atoms with Gasteiger partial charge in [0.1, 0.15) is 0 Å². The summed E-state index contributed by atoms with van der Waals surface area (Å²) in [6.45, 7) is 7.69. The molecule has 0 radical (unpaired) electrons. The maximum atomic E-state index is 13.6. The van der Waals surface area contributed by atoms with Crippen LogP contribution in [0.1, 0.15) is 43.5 Å². The zero-order valence-electron chi connectivity index (χ0n) is 19.3. The van der Waals surface area contributed by atoms with Gasteiger partial charge in [-0.15, -0.1) is 0 Å². The number of likely N-dealkylation sites (tertiary alicyclic amines) is 1. The van der Waals surface area contributed by atoms with Gasteiger partial charge >= 0.3 is 0 Å². The van der Waals surface area contributed by atoms with Gasteiger partial charge in [0.25, 0.3) is 15.9 Å². The second-order valence-electron chi connectivity index (χ2n) is 8.93. The fourth-order valence-electron chi connectivity index (χ4n) is 4.47. The van der Waals surface area contributed by atoms with Gasteiger partial charge in [0.05, 0.1) is 16.3 Å². The highest BCUT2D eigenvalue weighted by Gasteiger charge is 2.36. The lowest BCUT2D eigenvalue weighted by atomic mass is 9.99. The average molecular weight is 494 g/mol. The Morgan fingerprint density at radius 1 is 1.09 bits per heavy atom. The van der Waals surface area contributed by atoms with E-state index in [1.165, 1.54) is 4.31 Å². The topological polar surface area (TPSA) is 78.8 Å². The maximum Gasteiger partial charge on any atom is 0.263 e. The molecular weight excluding hydrogens is 462 g/mol. The number of para-hydroxylation sites is 1. The molecule has 1 aromatic carbocycles. The van der Waals surface area contributed by atoms with Gasteiger partial charge in [-0.05, 0) is 37.3 Å². The highest BCUT2D eigenvalue weighted by atomic mass is 35.5. The average Bonchev–Trinajstić information content (AvgIpc) is 3.25. The van der Waals surface area contributed by atoms with Crippen molar-refractivity contribution < 1.29 is 13.2 Å². The number of aryl methyl sites for hydroxylation is 1. The van der Waals surface area contributed by atoms with Crippen LogP contribution in [0.4, 0.5) is 5.69 Å². The number of hydrogen-bond donors (Lipinski definition) is 0. The Morgan fingerprint density at radius 3 is 2.39 bits per heavy atom. The Balaban J connectivity index is 1.56. The van der Waals surface area contributed by atoms with Crippen molar-refractivity contribution in [3.05, 3.63) is 41.0 Å². The molecule has 0 bridgehead atoms. The third-order valence-electron chi connectivity index (χ3n) is 6.50. The minimum Gasteiger partial charge on any atom is -0.368 e. The molecule has 0 aliphatic carbocycles. The van der Waals surface area contributed by atoms with E-state index in [2.05, 4.69) is 16.9 Å². The van der Waals surface area contributed by atoms with Crippen LogP contribution in [0.2, 0.25) is 5.02 Å². The van der Waals surface area contributed by atoms with E-state index < -0.39 is 10.0 Å². The Morgan fingerprint density at radius 2 is 1.76 bits per heavy atom. The van der Waals surface area contributed by atoms with E-state index in [9.17, 15) is 13.2 Å². The molecule has 1 amide bonds. The van der Waals surface area contributed by atoms with Crippen LogP contribution >= 0.6 is 11.6 Å². The van der Waals surface area contributed by atoms with Crippen LogP contribution in [0.3, 0.4) is 0 Å². The molecule has 0 saturated carbocycles. The highest BCUT2D eigenvalue weighted by Crippen LogP contribution is 2.28. The van der Waals surface area contributed by atoms with E-state index in [1.807, 2.05) is 31.2 Å². The molecule has 2 fully saturated rings. The summed E-state index contributed by atoms with van der Waals surface area (Å²) in [7, 11) is -3.91. The second-order valence-corrected chi connectivity index (χ2v) is 11.2. The molecule has 0 spiro atoms. The predicted molar refractivity (Wildman–Crippen MR) is 129 cm³/mol. The third kappa shape index (κ3) is 5.05. The van der Waals surface area contributed by atoms with Crippen molar-refractivity contribution in [1.82, 2.24) is 19.0 Å². The zero-order valence-corrected chi connectivity index (χ0v) is 20.9. The van der Waals surface area contributed by atoms with Gasteiger partial charge in [-0.3, -0.25) is 9.48 Å². The number of carbonyl (C=O) groups is 1. The molecule has 33 heavy (non-hydrogen) atoms. The molecule has 2 saturated heterocycles. The number of halogens is 1. The summed E-state index contributed by atoms with van der Waals surface area (Å²) in [4.78, 5) is 17.2. The van der Waals surface area contributed by atoms with Gasteiger partial charge in [0, 0.05) is 52.0 Å². The summed E-state index contributed by atoms with van der Waals surface area (Å²) in [5.74, 6) is 0.340. The normalized spacial score (nSPS) is 18.6. The molecule has 1 aromatic heterocycles. The minimum atomic E-state index is -3.91. The lowest BCUT2D eigenvalue weighted by molar-refractivity contribution is 0.0693. The van der Waals surface area contributed by atoms with Gasteiger partial charge in [0.2, 0.25) is 5.03 Å². The SMILES string of the molecule is CCCn1cc(C(=O)N2CCC(C)CC2)c(S(=O)(=O)N2CCN(c3ccccc3Cl)CC2)n1. The van der Waals surface area contributed by atoms with Crippen molar-refractivity contribution in [2.45, 2.75) is 44.7 Å². The molecular formula is C23H32ClN5O3S. The largest absolute Gasteiger partial charge is 0.368 e. The molecule has 4 rings (SSSR count). The summed E-state index contributed by atoms with van der Waals surface area (Å²) >= 11 is 6.32. The molecule has 2 aliphatic rings. The fraction of sp³-hybridized carbons (Fsp3) is 0.565. The Hall–Kier alpha value is -2.10. The summed E-state index contributed by atoms with van der Waals surface area (Å²) in [6, 6.07) is 7.57. The molecule has 0 unspecified atom stereocenters. The van der Waals surface area contributed by atoms with Crippen molar-refractivity contribution in [2.24, 2.45) is 5.92 Å². The Kier molecular flexibility index (Phi) is 7.31. The standard InChI is InChI=1S/C23H32ClN5O3S/c1-3-10-28-17-19(23(30)27-11-8-18(2)9-12-27)22(25-28)33(31,32)29-15-13-26(14-16-29)21-7-5-4-6-20(21)24/h4-7,17-18H,3,8-16H2,1-2H3. The quantitative estimate of drug-likeness (QED) is 0.616. The Bertz CT molecular complexity index is 1090. The fourth-order valence-corrected chi connectivity index (χ4v) is 6.24. The van der Waals surface area contributed by atoms with E-state index in [-0.39, 0.29) is 16.5 Å². The number of carbonyl (C=O) groups excluding carboxylic acids is 1. The van der Waals surface area contributed by atoms with Crippen molar-refractivity contribution in [2.75, 3.05) is 44.2 Å². The summed E-state index contributed by atoms with van der Waals surface area (Å²) in [5, 5.41) is 4.90. The van der Waals surface area contributed by atoms with E-state index in [1.54, 1.807) is 15.8 Å². The number of anilines is 1. The summed E-state index contributed by atoms with van der Waals surface area (Å²) in [5.41, 5.74) is 1.09. The molecule has 0 N–H and O–H groups in total. The first-order chi connectivity index (χ1) is 15.8. The summed E-state index contributed by atoms with van der Waals surface area (Å²) in [6.07, 6.45) is 4.27. The number of piperidine rings is 1. The lowest BCUT2D eigenvalue weighted by Gasteiger charge is -2.35. The van der Waals surface area contributed by atoms with Gasteiger partial charge in [0.15, 0.2) is 0 Å². The molecule has 10 heteroatoms. The van der Waals surface area contributed by atoms with Crippen LogP contribution in [0.25, 0.3) is 0 Å². The number of hydrogen-bond acceptors (Lipinski definition) is 5. The molecule has 180 valence electrons. The molecule has 0 atom stereocenters. The van der Waals surface area contributed by atoms with Gasteiger partial charge < -0.3 is 9.80 Å². The number of sulfonamides is 1. The van der Waals surface area contributed by atoms with Crippen molar-refractivity contribution in [1.29, 1.82) is 0 Å². The van der Waals surface area contributed by atoms with Crippen LogP contribution < -0.4 is 4.90 Å². The molecule has 2 aliphatic heterocycles. The monoisotopic (exact) mass is 493 g/mol. The number of aromatic nitrogens is 2. The smallest absolute Gasteiger partial charge is 0.263 e. The first-order valence-electron chi connectivity index (χ1n) is 11.7.